The number of aliphatic hydroxyl groups is 1. The Labute approximate surface area is 155 Å². The molecule has 0 fully saturated rings. The lowest BCUT2D eigenvalue weighted by atomic mass is 10.1. The number of aromatic nitrogens is 1. The molecule has 26 heavy (non-hydrogen) atoms. The van der Waals surface area contributed by atoms with Crippen LogP contribution in [0.3, 0.4) is 0 Å². The highest BCUT2D eigenvalue weighted by Crippen LogP contribution is 2.28. The third-order valence-electron chi connectivity index (χ3n) is 4.58. The maximum absolute atomic E-state index is 8.72. The topological polar surface area (TPSA) is 34.4 Å². The zero-order chi connectivity index (χ0) is 18.2. The van der Waals surface area contributed by atoms with Crippen LogP contribution in [0.4, 0.5) is 0 Å². The molecule has 3 heteroatoms. The summed E-state index contributed by atoms with van der Waals surface area (Å²) in [7, 11) is 2.11. The van der Waals surface area contributed by atoms with Crippen molar-refractivity contribution in [3.63, 3.8) is 0 Å². The Morgan fingerprint density at radius 3 is 2.42 bits per heavy atom. The van der Waals surface area contributed by atoms with Crippen LogP contribution >= 0.6 is 0 Å². The molecule has 0 saturated carbocycles. The lowest BCUT2D eigenvalue weighted by molar-refractivity contribution is 0.289. The fourth-order valence-corrected chi connectivity index (χ4v) is 3.12. The van der Waals surface area contributed by atoms with E-state index in [0.29, 0.717) is 0 Å². The molecule has 136 valence electrons. The molecule has 3 nitrogen and oxygen atoms in total. The van der Waals surface area contributed by atoms with Crippen molar-refractivity contribution in [2.24, 2.45) is 7.05 Å². The number of benzene rings is 2. The van der Waals surface area contributed by atoms with Gasteiger partial charge >= 0.3 is 0 Å². The van der Waals surface area contributed by atoms with Crippen molar-refractivity contribution in [1.29, 1.82) is 0 Å². The number of hydrogen-bond donors (Lipinski definition) is 1. The van der Waals surface area contributed by atoms with E-state index in [9.17, 15) is 0 Å². The summed E-state index contributed by atoms with van der Waals surface area (Å²) in [6, 6.07) is 19.0. The van der Waals surface area contributed by atoms with Gasteiger partial charge in [0.25, 0.3) is 0 Å². The average molecular weight is 349 g/mol. The maximum atomic E-state index is 8.72. The molecular formula is C23H27NO2. The van der Waals surface area contributed by atoms with Crippen LogP contribution in [0.5, 0.6) is 5.75 Å². The van der Waals surface area contributed by atoms with Gasteiger partial charge in [-0.25, -0.2) is 0 Å². The third kappa shape index (κ3) is 4.55. The SMILES string of the molecule is Cn1c(-c2ccc(OCCC/C=C/CCCO)cc2)cc2ccccc21. The number of unbranched alkanes of at least 4 members (excludes halogenated alkanes) is 2. The van der Waals surface area contributed by atoms with Gasteiger partial charge in [0.1, 0.15) is 5.75 Å². The molecule has 0 unspecified atom stereocenters. The number of nitrogens with zero attached hydrogens (tertiary/aromatic N) is 1. The molecule has 0 aliphatic rings. The van der Waals surface area contributed by atoms with Crippen LogP contribution in [0.25, 0.3) is 22.2 Å². The summed E-state index contributed by atoms with van der Waals surface area (Å²) in [6.45, 7) is 0.986. The van der Waals surface area contributed by atoms with Crippen molar-refractivity contribution in [2.45, 2.75) is 25.7 Å². The second kappa shape index (κ2) is 9.25. The molecule has 3 aromatic rings. The number of aliphatic hydroxyl groups excluding tert-OH is 1. The minimum absolute atomic E-state index is 0.266. The summed E-state index contributed by atoms with van der Waals surface area (Å²) in [6.07, 6.45) is 8.11. The van der Waals surface area contributed by atoms with Crippen molar-refractivity contribution in [2.75, 3.05) is 13.2 Å². The summed E-state index contributed by atoms with van der Waals surface area (Å²) in [4.78, 5) is 0. The van der Waals surface area contributed by atoms with E-state index in [1.807, 2.05) is 12.1 Å². The van der Waals surface area contributed by atoms with Crippen LogP contribution in [0, 0.1) is 0 Å². The number of ether oxygens (including phenoxy) is 1. The molecule has 1 N–H and O–H groups in total. The second-order valence-corrected chi connectivity index (χ2v) is 6.50. The minimum Gasteiger partial charge on any atom is -0.494 e. The van der Waals surface area contributed by atoms with E-state index >= 15 is 0 Å². The summed E-state index contributed by atoms with van der Waals surface area (Å²) < 4.78 is 8.06. The standard InChI is InChI=1S/C23H27NO2/c1-24-22-11-7-6-10-20(22)18-23(24)19-12-14-21(15-13-19)26-17-9-5-3-2-4-8-16-25/h2-3,6-7,10-15,18,25H,4-5,8-9,16-17H2,1H3/b3-2+. The Balaban J connectivity index is 1.53. The molecule has 3 rings (SSSR count). The van der Waals surface area contributed by atoms with Gasteiger partial charge in [-0.3, -0.25) is 0 Å². The van der Waals surface area contributed by atoms with Crippen molar-refractivity contribution < 1.29 is 9.84 Å². The summed E-state index contributed by atoms with van der Waals surface area (Å²) in [5, 5.41) is 9.98. The molecule has 0 spiro atoms. The Kier molecular flexibility index (Phi) is 6.50. The van der Waals surface area contributed by atoms with E-state index in [-0.39, 0.29) is 6.61 Å². The average Bonchev–Trinajstić information content (AvgIpc) is 3.01. The number of fused-ring (bicyclic) bond motifs is 1. The van der Waals surface area contributed by atoms with Crippen LogP contribution in [0.2, 0.25) is 0 Å². The highest BCUT2D eigenvalue weighted by Gasteiger charge is 2.07. The molecule has 0 radical (unpaired) electrons. The fourth-order valence-electron chi connectivity index (χ4n) is 3.12. The maximum Gasteiger partial charge on any atom is 0.119 e. The Bertz CT molecular complexity index is 846. The first-order chi connectivity index (χ1) is 12.8. The van der Waals surface area contributed by atoms with Gasteiger partial charge in [-0.05, 0) is 67.6 Å². The largest absolute Gasteiger partial charge is 0.494 e. The van der Waals surface area contributed by atoms with E-state index in [4.69, 9.17) is 9.84 Å². The quantitative estimate of drug-likeness (QED) is 0.418. The first-order valence-corrected chi connectivity index (χ1v) is 9.33. The van der Waals surface area contributed by atoms with Gasteiger partial charge in [0.15, 0.2) is 0 Å². The zero-order valence-electron chi connectivity index (χ0n) is 15.4. The van der Waals surface area contributed by atoms with Crippen molar-refractivity contribution >= 4 is 10.9 Å². The highest BCUT2D eigenvalue weighted by atomic mass is 16.5. The minimum atomic E-state index is 0.266. The first-order valence-electron chi connectivity index (χ1n) is 9.33. The van der Waals surface area contributed by atoms with Crippen LogP contribution in [-0.2, 0) is 7.05 Å². The Morgan fingerprint density at radius 1 is 0.962 bits per heavy atom. The van der Waals surface area contributed by atoms with E-state index in [1.165, 1.54) is 22.2 Å². The smallest absolute Gasteiger partial charge is 0.119 e. The number of allylic oxidation sites excluding steroid dienone is 2. The van der Waals surface area contributed by atoms with E-state index < -0.39 is 0 Å². The lowest BCUT2D eigenvalue weighted by Gasteiger charge is -2.08. The number of hydrogen-bond acceptors (Lipinski definition) is 2. The third-order valence-corrected chi connectivity index (χ3v) is 4.58. The van der Waals surface area contributed by atoms with Crippen molar-refractivity contribution in [1.82, 2.24) is 4.57 Å². The van der Waals surface area contributed by atoms with Crippen molar-refractivity contribution in [3.05, 3.63) is 66.7 Å². The normalized spacial score (nSPS) is 11.5. The fraction of sp³-hybridized carbons (Fsp3) is 0.304. The van der Waals surface area contributed by atoms with Gasteiger partial charge in [0.2, 0.25) is 0 Å². The van der Waals surface area contributed by atoms with E-state index in [2.05, 4.69) is 66.2 Å². The molecule has 0 aliphatic carbocycles. The van der Waals surface area contributed by atoms with Gasteiger partial charge < -0.3 is 14.4 Å². The molecule has 0 amide bonds. The second-order valence-electron chi connectivity index (χ2n) is 6.50. The molecule has 0 saturated heterocycles. The molecule has 0 bridgehead atoms. The summed E-state index contributed by atoms with van der Waals surface area (Å²) in [5.41, 5.74) is 3.66. The summed E-state index contributed by atoms with van der Waals surface area (Å²) >= 11 is 0. The van der Waals surface area contributed by atoms with Gasteiger partial charge in [-0.1, -0.05) is 30.4 Å². The Morgan fingerprint density at radius 2 is 1.69 bits per heavy atom. The molecule has 2 aromatic carbocycles. The summed E-state index contributed by atoms with van der Waals surface area (Å²) in [5.74, 6) is 0.914. The molecule has 0 aliphatic heterocycles. The highest BCUT2D eigenvalue weighted by molar-refractivity contribution is 5.86. The number of para-hydroxylation sites is 1. The predicted octanol–water partition coefficient (Wildman–Crippen LogP) is 5.33. The molecule has 1 heterocycles. The van der Waals surface area contributed by atoms with E-state index in [1.54, 1.807) is 0 Å². The molecule has 1 aromatic heterocycles. The van der Waals surface area contributed by atoms with Gasteiger partial charge in [0, 0.05) is 30.3 Å². The predicted molar refractivity (Wildman–Crippen MR) is 109 cm³/mol. The molecular weight excluding hydrogens is 322 g/mol. The van der Waals surface area contributed by atoms with Crippen LogP contribution in [0.1, 0.15) is 25.7 Å². The van der Waals surface area contributed by atoms with Crippen LogP contribution < -0.4 is 4.74 Å². The van der Waals surface area contributed by atoms with Crippen LogP contribution in [0.15, 0.2) is 66.7 Å². The van der Waals surface area contributed by atoms with Gasteiger partial charge in [0.05, 0.1) is 6.61 Å². The van der Waals surface area contributed by atoms with Crippen LogP contribution in [-0.4, -0.2) is 22.9 Å². The van der Waals surface area contributed by atoms with Gasteiger partial charge in [-0.15, -0.1) is 0 Å². The first kappa shape index (κ1) is 18.3. The zero-order valence-corrected chi connectivity index (χ0v) is 15.4. The monoisotopic (exact) mass is 349 g/mol. The number of rotatable bonds is 9. The van der Waals surface area contributed by atoms with E-state index in [0.717, 1.165) is 38.0 Å². The van der Waals surface area contributed by atoms with Crippen molar-refractivity contribution in [3.8, 4) is 17.0 Å². The lowest BCUT2D eigenvalue weighted by Crippen LogP contribution is -1.96. The number of aryl methyl sites for hydroxylation is 1. The molecule has 0 atom stereocenters. The Hall–Kier alpha value is -2.52. The van der Waals surface area contributed by atoms with Gasteiger partial charge in [-0.2, -0.15) is 0 Å².